The number of thiophene rings is 1. The molecule has 18 heavy (non-hydrogen) atoms. The highest BCUT2D eigenvalue weighted by atomic mass is 32.1. The summed E-state index contributed by atoms with van der Waals surface area (Å²) in [6.45, 7) is 2.08. The van der Waals surface area contributed by atoms with Crippen LogP contribution in [0.5, 0.6) is 5.75 Å². The molecule has 0 amide bonds. The summed E-state index contributed by atoms with van der Waals surface area (Å²) in [6.07, 6.45) is 0.818. The molecule has 3 nitrogen and oxygen atoms in total. The summed E-state index contributed by atoms with van der Waals surface area (Å²) in [5.41, 5.74) is 6.49. The van der Waals surface area contributed by atoms with Crippen LogP contribution in [0.1, 0.15) is 22.7 Å². The lowest BCUT2D eigenvalue weighted by Crippen LogP contribution is -2.29. The maximum atomic E-state index is 5.66. The monoisotopic (exact) mass is 262 g/mol. The van der Waals surface area contributed by atoms with E-state index in [2.05, 4.69) is 41.3 Å². The van der Waals surface area contributed by atoms with Crippen LogP contribution in [0, 0.1) is 6.92 Å². The largest absolute Gasteiger partial charge is 0.496 e. The molecule has 1 atom stereocenters. The number of methoxy groups -OCH3 is 1. The first-order valence-electron chi connectivity index (χ1n) is 5.86. The fourth-order valence-corrected chi connectivity index (χ4v) is 2.75. The number of hydrogen-bond acceptors (Lipinski definition) is 4. The Labute approximate surface area is 112 Å². The van der Waals surface area contributed by atoms with Gasteiger partial charge in [0.1, 0.15) is 5.75 Å². The normalized spacial score (nSPS) is 12.4. The van der Waals surface area contributed by atoms with E-state index in [1.807, 2.05) is 6.07 Å². The first-order chi connectivity index (χ1) is 8.74. The van der Waals surface area contributed by atoms with Crippen LogP contribution < -0.4 is 16.0 Å². The first kappa shape index (κ1) is 13.1. The molecule has 96 valence electrons. The average Bonchev–Trinajstić information content (AvgIpc) is 2.90. The van der Waals surface area contributed by atoms with Crippen molar-refractivity contribution in [1.82, 2.24) is 5.43 Å². The molecule has 0 fully saturated rings. The predicted octanol–water partition coefficient (Wildman–Crippen LogP) is 2.81. The van der Waals surface area contributed by atoms with Gasteiger partial charge in [-0.3, -0.25) is 11.3 Å². The fraction of sp³-hybridized carbons (Fsp3) is 0.286. The number of benzene rings is 1. The highest BCUT2D eigenvalue weighted by Gasteiger charge is 2.14. The zero-order valence-corrected chi connectivity index (χ0v) is 11.5. The van der Waals surface area contributed by atoms with Crippen LogP contribution in [0.15, 0.2) is 35.0 Å². The molecule has 1 heterocycles. The molecule has 2 rings (SSSR count). The smallest absolute Gasteiger partial charge is 0.122 e. The molecule has 0 spiro atoms. The van der Waals surface area contributed by atoms with Crippen LogP contribution in [0.25, 0.3) is 0 Å². The van der Waals surface area contributed by atoms with Gasteiger partial charge < -0.3 is 4.74 Å². The van der Waals surface area contributed by atoms with Gasteiger partial charge in [-0.25, -0.2) is 0 Å². The van der Waals surface area contributed by atoms with E-state index in [0.717, 1.165) is 12.2 Å². The van der Waals surface area contributed by atoms with Crippen molar-refractivity contribution in [2.24, 2.45) is 5.84 Å². The van der Waals surface area contributed by atoms with Crippen LogP contribution in [0.3, 0.4) is 0 Å². The van der Waals surface area contributed by atoms with Crippen molar-refractivity contribution in [3.8, 4) is 5.75 Å². The molecule has 4 heteroatoms. The van der Waals surface area contributed by atoms with Gasteiger partial charge in [-0.05, 0) is 47.4 Å². The molecular formula is C14H18N2OS. The van der Waals surface area contributed by atoms with Gasteiger partial charge in [0.15, 0.2) is 0 Å². The summed E-state index contributed by atoms with van der Waals surface area (Å²) >= 11 is 1.68. The van der Waals surface area contributed by atoms with Crippen molar-refractivity contribution in [3.05, 3.63) is 51.7 Å². The standard InChI is InChI=1S/C14H18N2OS/c1-10-3-4-14(17-2)12(7-10)8-13(16-15)11-5-6-18-9-11/h3-7,9,13,16H,8,15H2,1-2H3. The number of hydrazine groups is 1. The van der Waals surface area contributed by atoms with Crippen LogP contribution in [0.2, 0.25) is 0 Å². The fourth-order valence-electron chi connectivity index (χ4n) is 2.03. The maximum Gasteiger partial charge on any atom is 0.122 e. The van der Waals surface area contributed by atoms with Gasteiger partial charge in [-0.15, -0.1) is 0 Å². The molecule has 1 unspecified atom stereocenters. The minimum absolute atomic E-state index is 0.118. The Bertz CT molecular complexity index is 497. The highest BCUT2D eigenvalue weighted by Crippen LogP contribution is 2.26. The number of hydrogen-bond donors (Lipinski definition) is 2. The quantitative estimate of drug-likeness (QED) is 0.643. The van der Waals surface area contributed by atoms with Crippen molar-refractivity contribution >= 4 is 11.3 Å². The second-order valence-electron chi connectivity index (χ2n) is 4.30. The third-order valence-corrected chi connectivity index (χ3v) is 3.71. The molecule has 1 aromatic heterocycles. The molecular weight excluding hydrogens is 244 g/mol. The number of aryl methyl sites for hydroxylation is 1. The molecule has 0 bridgehead atoms. The molecule has 0 saturated carbocycles. The van der Waals surface area contributed by atoms with Crippen molar-refractivity contribution in [2.75, 3.05) is 7.11 Å². The molecule has 3 N–H and O–H groups in total. The molecule has 1 aromatic carbocycles. The summed E-state index contributed by atoms with van der Waals surface area (Å²) in [5.74, 6) is 6.57. The van der Waals surface area contributed by atoms with Crippen LogP contribution in [0.4, 0.5) is 0 Å². The summed E-state index contributed by atoms with van der Waals surface area (Å²) in [6, 6.07) is 8.42. The van der Waals surface area contributed by atoms with Crippen LogP contribution >= 0.6 is 11.3 Å². The van der Waals surface area contributed by atoms with Gasteiger partial charge in [-0.2, -0.15) is 11.3 Å². The number of nitrogens with two attached hydrogens (primary N) is 1. The lowest BCUT2D eigenvalue weighted by molar-refractivity contribution is 0.405. The van der Waals surface area contributed by atoms with Gasteiger partial charge in [0.25, 0.3) is 0 Å². The molecule has 2 aromatic rings. The Hall–Kier alpha value is -1.36. The summed E-state index contributed by atoms with van der Waals surface area (Å²) in [5, 5.41) is 4.18. The summed E-state index contributed by atoms with van der Waals surface area (Å²) in [4.78, 5) is 0. The summed E-state index contributed by atoms with van der Waals surface area (Å²) in [7, 11) is 1.70. The second kappa shape index (κ2) is 6.00. The lowest BCUT2D eigenvalue weighted by Gasteiger charge is -2.17. The SMILES string of the molecule is COc1ccc(C)cc1CC(NN)c1ccsc1. The van der Waals surface area contributed by atoms with Crippen molar-refractivity contribution in [3.63, 3.8) is 0 Å². The number of nitrogens with one attached hydrogen (secondary N) is 1. The van der Waals surface area contributed by atoms with Gasteiger partial charge >= 0.3 is 0 Å². The van der Waals surface area contributed by atoms with Crippen molar-refractivity contribution < 1.29 is 4.74 Å². The molecule has 0 saturated heterocycles. The van der Waals surface area contributed by atoms with Crippen molar-refractivity contribution in [1.29, 1.82) is 0 Å². The topological polar surface area (TPSA) is 47.3 Å². The van der Waals surface area contributed by atoms with E-state index in [-0.39, 0.29) is 6.04 Å². The zero-order valence-electron chi connectivity index (χ0n) is 10.6. The Balaban J connectivity index is 2.24. The van der Waals surface area contributed by atoms with E-state index in [1.54, 1.807) is 18.4 Å². The van der Waals surface area contributed by atoms with E-state index in [4.69, 9.17) is 10.6 Å². The van der Waals surface area contributed by atoms with Crippen molar-refractivity contribution in [2.45, 2.75) is 19.4 Å². The Morgan fingerprint density at radius 2 is 2.22 bits per heavy atom. The van der Waals surface area contributed by atoms with Gasteiger partial charge in [0.2, 0.25) is 0 Å². The Morgan fingerprint density at radius 1 is 1.39 bits per heavy atom. The molecule has 0 aliphatic rings. The minimum atomic E-state index is 0.118. The van der Waals surface area contributed by atoms with E-state index >= 15 is 0 Å². The third kappa shape index (κ3) is 2.90. The van der Waals surface area contributed by atoms with E-state index in [9.17, 15) is 0 Å². The minimum Gasteiger partial charge on any atom is -0.496 e. The van der Waals surface area contributed by atoms with Gasteiger partial charge in [0.05, 0.1) is 13.2 Å². The van der Waals surface area contributed by atoms with E-state index < -0.39 is 0 Å². The first-order valence-corrected chi connectivity index (χ1v) is 6.80. The molecule has 0 aliphatic heterocycles. The number of ether oxygens (including phenoxy) is 1. The lowest BCUT2D eigenvalue weighted by atomic mass is 9.99. The highest BCUT2D eigenvalue weighted by molar-refractivity contribution is 7.07. The van der Waals surface area contributed by atoms with Gasteiger partial charge in [0, 0.05) is 0 Å². The predicted molar refractivity (Wildman–Crippen MR) is 75.8 cm³/mol. The van der Waals surface area contributed by atoms with E-state index in [0.29, 0.717) is 0 Å². The second-order valence-corrected chi connectivity index (χ2v) is 5.08. The molecule has 0 radical (unpaired) electrons. The average molecular weight is 262 g/mol. The maximum absolute atomic E-state index is 5.66. The van der Waals surface area contributed by atoms with Crippen LogP contribution in [-0.4, -0.2) is 7.11 Å². The Kier molecular flexibility index (Phi) is 4.36. The van der Waals surface area contributed by atoms with Crippen LogP contribution in [-0.2, 0) is 6.42 Å². The zero-order chi connectivity index (χ0) is 13.0. The van der Waals surface area contributed by atoms with Gasteiger partial charge in [-0.1, -0.05) is 17.7 Å². The molecule has 0 aliphatic carbocycles. The van der Waals surface area contributed by atoms with E-state index in [1.165, 1.54) is 16.7 Å². The third-order valence-electron chi connectivity index (χ3n) is 3.01. The summed E-state index contributed by atoms with van der Waals surface area (Å²) < 4.78 is 5.40. The number of rotatable bonds is 5. The Morgan fingerprint density at radius 3 is 2.83 bits per heavy atom.